The zero-order valence-electron chi connectivity index (χ0n) is 13.8. The van der Waals surface area contributed by atoms with E-state index in [2.05, 4.69) is 20.9 Å². The van der Waals surface area contributed by atoms with Crippen molar-refractivity contribution in [1.29, 1.82) is 0 Å². The Kier molecular flexibility index (Phi) is 7.67. The van der Waals surface area contributed by atoms with Gasteiger partial charge in [-0.2, -0.15) is 0 Å². The molecule has 5 N–H and O–H groups in total. The van der Waals surface area contributed by atoms with Crippen LogP contribution in [0.25, 0.3) is 6.08 Å². The van der Waals surface area contributed by atoms with Gasteiger partial charge in [0.2, 0.25) is 9.70 Å². The SMILES string of the molecule is Nc1cccnc1NC(=S)NC(NC(=O)/C=C/c1ccccc1)C(Cl)(Cl)Cl. The van der Waals surface area contributed by atoms with Gasteiger partial charge in [-0.25, -0.2) is 4.98 Å². The summed E-state index contributed by atoms with van der Waals surface area (Å²) in [5, 5.41) is 8.13. The molecule has 0 bridgehead atoms. The maximum Gasteiger partial charge on any atom is 0.245 e. The minimum absolute atomic E-state index is 0.0732. The summed E-state index contributed by atoms with van der Waals surface area (Å²) >= 11 is 23.0. The monoisotopic (exact) mass is 443 g/mol. The van der Waals surface area contributed by atoms with E-state index in [1.807, 2.05) is 30.3 Å². The van der Waals surface area contributed by atoms with Crippen molar-refractivity contribution < 1.29 is 4.79 Å². The van der Waals surface area contributed by atoms with E-state index < -0.39 is 15.9 Å². The third-order valence-corrected chi connectivity index (χ3v) is 4.06. The molecule has 0 aliphatic rings. The summed E-state index contributed by atoms with van der Waals surface area (Å²) in [6, 6.07) is 12.6. The number of hydrogen-bond donors (Lipinski definition) is 4. The standard InChI is InChI=1S/C17H16Cl3N5OS/c18-17(19,20)15(23-13(26)9-8-11-5-2-1-3-6-11)25-16(27)24-14-12(21)7-4-10-22-14/h1-10,15H,21H2,(H,23,26)(H2,22,24,25,27)/b9-8+. The van der Waals surface area contributed by atoms with E-state index in [9.17, 15) is 4.79 Å². The van der Waals surface area contributed by atoms with Gasteiger partial charge >= 0.3 is 0 Å². The van der Waals surface area contributed by atoms with Crippen LogP contribution < -0.4 is 21.7 Å². The fourth-order valence-corrected chi connectivity index (χ4v) is 2.46. The Morgan fingerprint density at radius 2 is 1.85 bits per heavy atom. The van der Waals surface area contributed by atoms with Crippen molar-refractivity contribution in [2.45, 2.75) is 9.96 Å². The molecule has 1 aromatic heterocycles. The Hall–Kier alpha value is -2.06. The van der Waals surface area contributed by atoms with Crippen LogP contribution in [-0.2, 0) is 4.79 Å². The molecule has 1 atom stereocenters. The average molecular weight is 445 g/mol. The molecule has 1 unspecified atom stereocenters. The lowest BCUT2D eigenvalue weighted by molar-refractivity contribution is -0.117. The van der Waals surface area contributed by atoms with Crippen molar-refractivity contribution in [3.63, 3.8) is 0 Å². The van der Waals surface area contributed by atoms with Gasteiger partial charge in [-0.05, 0) is 36.0 Å². The maximum atomic E-state index is 12.2. The molecule has 10 heteroatoms. The predicted molar refractivity (Wildman–Crippen MR) is 116 cm³/mol. The number of rotatable bonds is 5. The van der Waals surface area contributed by atoms with Crippen molar-refractivity contribution in [3.05, 3.63) is 60.3 Å². The number of pyridine rings is 1. The summed E-state index contributed by atoms with van der Waals surface area (Å²) in [4.78, 5) is 16.2. The number of hydrogen-bond acceptors (Lipinski definition) is 4. The number of thiocarbonyl (C=S) groups is 1. The average Bonchev–Trinajstić information content (AvgIpc) is 2.61. The summed E-state index contributed by atoms with van der Waals surface area (Å²) in [5.74, 6) is -0.129. The van der Waals surface area contributed by atoms with Crippen molar-refractivity contribution in [1.82, 2.24) is 15.6 Å². The summed E-state index contributed by atoms with van der Waals surface area (Å²) in [6.07, 6.45) is 3.41. The number of nitrogens with one attached hydrogen (secondary N) is 3. The van der Waals surface area contributed by atoms with Gasteiger partial charge in [0, 0.05) is 12.3 Å². The van der Waals surface area contributed by atoms with Crippen LogP contribution in [-0.4, -0.2) is 26.0 Å². The van der Waals surface area contributed by atoms with Crippen molar-refractivity contribution in [3.8, 4) is 0 Å². The van der Waals surface area contributed by atoms with Crippen LogP contribution in [0.1, 0.15) is 5.56 Å². The molecule has 142 valence electrons. The fraction of sp³-hybridized carbons (Fsp3) is 0.118. The smallest absolute Gasteiger partial charge is 0.245 e. The van der Waals surface area contributed by atoms with Crippen molar-refractivity contribution in [2.75, 3.05) is 11.1 Å². The fourth-order valence-electron chi connectivity index (χ4n) is 1.92. The van der Waals surface area contributed by atoms with E-state index in [0.717, 1.165) is 5.56 Å². The first-order chi connectivity index (χ1) is 12.8. The highest BCUT2D eigenvalue weighted by Gasteiger charge is 2.34. The predicted octanol–water partition coefficient (Wildman–Crippen LogP) is 3.48. The van der Waals surface area contributed by atoms with Gasteiger partial charge in [-0.15, -0.1) is 0 Å². The van der Waals surface area contributed by atoms with E-state index in [1.165, 1.54) is 6.08 Å². The van der Waals surface area contributed by atoms with E-state index >= 15 is 0 Å². The highest BCUT2D eigenvalue weighted by atomic mass is 35.6. The molecule has 0 fully saturated rings. The first kappa shape index (κ1) is 21.2. The molecule has 1 amide bonds. The molecule has 0 spiro atoms. The summed E-state index contributed by atoms with van der Waals surface area (Å²) < 4.78 is -1.86. The number of carbonyl (C=O) groups excluding carboxylic acids is 1. The van der Waals surface area contributed by atoms with Crippen LogP contribution in [0, 0.1) is 0 Å². The van der Waals surface area contributed by atoms with Gasteiger partial charge in [0.1, 0.15) is 6.17 Å². The van der Waals surface area contributed by atoms with E-state index in [4.69, 9.17) is 52.8 Å². The minimum atomic E-state index is -1.86. The quantitative estimate of drug-likeness (QED) is 0.244. The van der Waals surface area contributed by atoms with Crippen LogP contribution in [0.4, 0.5) is 11.5 Å². The van der Waals surface area contributed by atoms with Crippen molar-refractivity contribution in [2.24, 2.45) is 0 Å². The number of nitrogens with two attached hydrogens (primary N) is 1. The molecule has 27 heavy (non-hydrogen) atoms. The second-order valence-corrected chi connectivity index (χ2v) is 8.04. The molecule has 0 aliphatic carbocycles. The molecule has 2 aromatic rings. The molecule has 0 radical (unpaired) electrons. The van der Waals surface area contributed by atoms with Crippen LogP contribution >= 0.6 is 47.0 Å². The van der Waals surface area contributed by atoms with Gasteiger partial charge < -0.3 is 21.7 Å². The molecule has 1 heterocycles. The van der Waals surface area contributed by atoms with Gasteiger partial charge in [-0.3, -0.25) is 4.79 Å². The second-order valence-electron chi connectivity index (χ2n) is 5.27. The van der Waals surface area contributed by atoms with Gasteiger partial charge in [-0.1, -0.05) is 65.1 Å². The summed E-state index contributed by atoms with van der Waals surface area (Å²) in [7, 11) is 0. The third-order valence-electron chi connectivity index (χ3n) is 3.19. The maximum absolute atomic E-state index is 12.2. The number of aromatic nitrogens is 1. The Morgan fingerprint density at radius 1 is 1.15 bits per heavy atom. The molecule has 6 nitrogen and oxygen atoms in total. The highest BCUT2D eigenvalue weighted by Crippen LogP contribution is 2.29. The molecule has 2 rings (SSSR count). The van der Waals surface area contributed by atoms with E-state index in [0.29, 0.717) is 11.5 Å². The number of halogens is 3. The minimum Gasteiger partial charge on any atom is -0.396 e. The molecular weight excluding hydrogens is 429 g/mol. The normalized spacial score (nSPS) is 12.4. The van der Waals surface area contributed by atoms with Crippen LogP contribution in [0.5, 0.6) is 0 Å². The van der Waals surface area contributed by atoms with Crippen LogP contribution in [0.2, 0.25) is 0 Å². The number of nitrogen functional groups attached to an aromatic ring is 1. The number of alkyl halides is 3. The molecule has 0 aliphatic heterocycles. The molecule has 0 saturated carbocycles. The summed E-state index contributed by atoms with van der Waals surface area (Å²) in [6.45, 7) is 0. The Labute approximate surface area is 177 Å². The number of amides is 1. The number of carbonyl (C=O) groups is 1. The topological polar surface area (TPSA) is 92.1 Å². The van der Waals surface area contributed by atoms with Gasteiger partial charge in [0.15, 0.2) is 10.9 Å². The highest BCUT2D eigenvalue weighted by molar-refractivity contribution is 7.80. The lowest BCUT2D eigenvalue weighted by Gasteiger charge is -2.27. The van der Waals surface area contributed by atoms with Crippen molar-refractivity contribution >= 4 is 75.6 Å². The molecule has 0 saturated heterocycles. The molecule has 1 aromatic carbocycles. The van der Waals surface area contributed by atoms with Gasteiger partial charge in [0.05, 0.1) is 5.69 Å². The summed E-state index contributed by atoms with van der Waals surface area (Å²) in [5.41, 5.74) is 7.04. The molecular formula is C17H16Cl3N5OS. The van der Waals surface area contributed by atoms with E-state index in [1.54, 1.807) is 24.4 Å². The largest absolute Gasteiger partial charge is 0.396 e. The van der Waals surface area contributed by atoms with Gasteiger partial charge in [0.25, 0.3) is 0 Å². The van der Waals surface area contributed by atoms with Crippen LogP contribution in [0.3, 0.4) is 0 Å². The second kappa shape index (κ2) is 9.75. The Bertz CT molecular complexity index is 827. The Balaban J connectivity index is 2.00. The zero-order valence-corrected chi connectivity index (χ0v) is 16.9. The zero-order chi connectivity index (χ0) is 19.9. The number of benzene rings is 1. The first-order valence-corrected chi connectivity index (χ1v) is 9.18. The lowest BCUT2D eigenvalue weighted by Crippen LogP contribution is -2.55. The number of nitrogens with zero attached hydrogens (tertiary/aromatic N) is 1. The number of anilines is 2. The third kappa shape index (κ3) is 7.22. The van der Waals surface area contributed by atoms with E-state index in [-0.39, 0.29) is 5.11 Å². The van der Waals surface area contributed by atoms with Crippen LogP contribution in [0.15, 0.2) is 54.7 Å². The lowest BCUT2D eigenvalue weighted by atomic mass is 10.2. The first-order valence-electron chi connectivity index (χ1n) is 7.64. The Morgan fingerprint density at radius 3 is 2.48 bits per heavy atom.